The molecule has 140 valence electrons. The minimum Gasteiger partial charge on any atom is -0.325 e. The van der Waals surface area contributed by atoms with E-state index in [0.717, 1.165) is 17.7 Å². The van der Waals surface area contributed by atoms with Gasteiger partial charge >= 0.3 is 0 Å². The van der Waals surface area contributed by atoms with Crippen LogP contribution in [0, 0.1) is 0 Å². The number of para-hydroxylation sites is 2. The van der Waals surface area contributed by atoms with Crippen LogP contribution in [0.3, 0.4) is 0 Å². The van der Waals surface area contributed by atoms with Crippen LogP contribution in [0.15, 0.2) is 53.3 Å². The number of benzene rings is 2. The first-order valence-corrected chi connectivity index (χ1v) is 9.18. The quantitative estimate of drug-likeness (QED) is 0.676. The Hall–Kier alpha value is -2.99. The number of likely N-dealkylation sites (N-methyl/N-ethyl adjacent to an activating group) is 1. The van der Waals surface area contributed by atoms with Crippen LogP contribution < -0.4 is 10.9 Å². The van der Waals surface area contributed by atoms with E-state index in [9.17, 15) is 9.59 Å². The Bertz CT molecular complexity index is 997. The van der Waals surface area contributed by atoms with Gasteiger partial charge < -0.3 is 10.3 Å². The number of hydrogen-bond acceptors (Lipinski definition) is 4. The molecule has 0 atom stereocenters. The number of carbonyl (C=O) groups excluding carboxylic acids is 1. The molecular formula is C21H24N4O2. The van der Waals surface area contributed by atoms with Crippen LogP contribution in [0.1, 0.15) is 25.2 Å². The third-order valence-electron chi connectivity index (χ3n) is 4.52. The molecule has 1 amide bonds. The molecule has 0 fully saturated rings. The minimum absolute atomic E-state index is 0.0825. The summed E-state index contributed by atoms with van der Waals surface area (Å²) in [5, 5.41) is 3.55. The fourth-order valence-corrected chi connectivity index (χ4v) is 3.04. The predicted molar refractivity (Wildman–Crippen MR) is 108 cm³/mol. The Balaban J connectivity index is 1.70. The summed E-state index contributed by atoms with van der Waals surface area (Å²) in [5.74, 6) is 0.475. The van der Waals surface area contributed by atoms with Gasteiger partial charge in [-0.05, 0) is 36.7 Å². The number of nitrogens with zero attached hydrogens (tertiary/aromatic N) is 2. The summed E-state index contributed by atoms with van der Waals surface area (Å²) in [6, 6.07) is 15.0. The van der Waals surface area contributed by atoms with Crippen molar-refractivity contribution < 1.29 is 4.79 Å². The Morgan fingerprint density at radius 3 is 2.63 bits per heavy atom. The Morgan fingerprint density at radius 2 is 1.85 bits per heavy atom. The van der Waals surface area contributed by atoms with Crippen LogP contribution in [0.2, 0.25) is 0 Å². The highest BCUT2D eigenvalue weighted by atomic mass is 16.2. The van der Waals surface area contributed by atoms with Crippen molar-refractivity contribution in [1.82, 2.24) is 14.9 Å². The van der Waals surface area contributed by atoms with Crippen molar-refractivity contribution in [1.29, 1.82) is 0 Å². The monoisotopic (exact) mass is 364 g/mol. The van der Waals surface area contributed by atoms with Gasteiger partial charge in [0.05, 0.1) is 24.0 Å². The largest absolute Gasteiger partial charge is 0.325 e. The number of aromatic nitrogens is 2. The van der Waals surface area contributed by atoms with E-state index in [0.29, 0.717) is 29.8 Å². The molecule has 2 aromatic carbocycles. The summed E-state index contributed by atoms with van der Waals surface area (Å²) in [6.45, 7) is 5.33. The highest BCUT2D eigenvalue weighted by molar-refractivity contribution is 5.93. The molecule has 6 nitrogen and oxygen atoms in total. The van der Waals surface area contributed by atoms with Gasteiger partial charge in [-0.2, -0.15) is 0 Å². The summed E-state index contributed by atoms with van der Waals surface area (Å²) in [4.78, 5) is 34.0. The maximum absolute atomic E-state index is 12.5. The lowest BCUT2D eigenvalue weighted by Crippen LogP contribution is -2.34. The first-order valence-electron chi connectivity index (χ1n) is 9.18. The normalized spacial score (nSPS) is 11.1. The number of aromatic amines is 1. The molecule has 0 bridgehead atoms. The van der Waals surface area contributed by atoms with E-state index < -0.39 is 0 Å². The molecule has 0 aliphatic carbocycles. The van der Waals surface area contributed by atoms with Gasteiger partial charge in [0.2, 0.25) is 5.91 Å². The van der Waals surface area contributed by atoms with Gasteiger partial charge in [-0.3, -0.25) is 14.5 Å². The number of rotatable bonds is 7. The highest BCUT2D eigenvalue weighted by Gasteiger charge is 2.13. The highest BCUT2D eigenvalue weighted by Crippen LogP contribution is 2.15. The molecule has 0 saturated heterocycles. The second kappa shape index (κ2) is 8.60. The lowest BCUT2D eigenvalue weighted by atomic mass is 10.1. The van der Waals surface area contributed by atoms with Gasteiger partial charge in [-0.15, -0.1) is 0 Å². The van der Waals surface area contributed by atoms with Crippen LogP contribution in [-0.4, -0.2) is 33.9 Å². The van der Waals surface area contributed by atoms with Crippen molar-refractivity contribution in [2.75, 3.05) is 18.4 Å². The number of H-pyrrole nitrogens is 1. The van der Waals surface area contributed by atoms with E-state index in [1.165, 1.54) is 0 Å². The van der Waals surface area contributed by atoms with E-state index >= 15 is 0 Å². The smallest absolute Gasteiger partial charge is 0.258 e. The Labute approximate surface area is 158 Å². The molecule has 3 aromatic rings. The third-order valence-corrected chi connectivity index (χ3v) is 4.52. The average molecular weight is 364 g/mol. The molecule has 3 rings (SSSR count). The van der Waals surface area contributed by atoms with Gasteiger partial charge in [0.15, 0.2) is 0 Å². The topological polar surface area (TPSA) is 78.1 Å². The van der Waals surface area contributed by atoms with Crippen LogP contribution in [0.25, 0.3) is 10.9 Å². The maximum atomic E-state index is 12.5. The van der Waals surface area contributed by atoms with Gasteiger partial charge in [0.1, 0.15) is 5.82 Å². The lowest BCUT2D eigenvalue weighted by molar-refractivity contribution is -0.117. The number of amides is 1. The Morgan fingerprint density at radius 1 is 1.11 bits per heavy atom. The van der Waals surface area contributed by atoms with Crippen molar-refractivity contribution in [3.8, 4) is 0 Å². The van der Waals surface area contributed by atoms with Crippen molar-refractivity contribution in [2.45, 2.75) is 26.8 Å². The number of aryl methyl sites for hydroxylation is 1. The summed E-state index contributed by atoms with van der Waals surface area (Å²) < 4.78 is 0. The van der Waals surface area contributed by atoms with E-state index in [2.05, 4.69) is 22.2 Å². The standard InChI is InChI=1S/C21H24N4O2/c1-3-15-9-5-7-11-17(15)23-20(26)14-25(4-2)13-19-22-18-12-8-6-10-16(18)21(27)24-19/h5-12H,3-4,13-14H2,1-2H3,(H,23,26)(H,22,24,27). The lowest BCUT2D eigenvalue weighted by Gasteiger charge is -2.20. The fourth-order valence-electron chi connectivity index (χ4n) is 3.04. The molecule has 2 N–H and O–H groups in total. The van der Waals surface area contributed by atoms with Gasteiger partial charge in [0, 0.05) is 5.69 Å². The van der Waals surface area contributed by atoms with E-state index in [1.54, 1.807) is 6.07 Å². The number of anilines is 1. The molecule has 0 spiro atoms. The Kier molecular flexibility index (Phi) is 5.98. The summed E-state index contributed by atoms with van der Waals surface area (Å²) in [7, 11) is 0. The zero-order chi connectivity index (χ0) is 19.2. The van der Waals surface area contributed by atoms with E-state index in [4.69, 9.17) is 0 Å². The van der Waals surface area contributed by atoms with E-state index in [1.807, 2.05) is 54.3 Å². The van der Waals surface area contributed by atoms with Gasteiger partial charge in [-0.25, -0.2) is 4.98 Å². The molecule has 0 saturated carbocycles. The summed E-state index contributed by atoms with van der Waals surface area (Å²) in [5.41, 5.74) is 2.45. The minimum atomic E-state index is -0.159. The molecule has 0 radical (unpaired) electrons. The molecule has 0 aliphatic heterocycles. The fraction of sp³-hybridized carbons (Fsp3) is 0.286. The van der Waals surface area contributed by atoms with Crippen LogP contribution in [-0.2, 0) is 17.8 Å². The summed E-state index contributed by atoms with van der Waals surface area (Å²) >= 11 is 0. The van der Waals surface area contributed by atoms with Crippen LogP contribution in [0.4, 0.5) is 5.69 Å². The number of hydrogen-bond donors (Lipinski definition) is 2. The van der Waals surface area contributed by atoms with Crippen LogP contribution >= 0.6 is 0 Å². The SMILES string of the molecule is CCc1ccccc1NC(=O)CN(CC)Cc1nc2ccccc2c(=O)[nH]1. The maximum Gasteiger partial charge on any atom is 0.258 e. The van der Waals surface area contributed by atoms with Crippen molar-refractivity contribution in [3.63, 3.8) is 0 Å². The third kappa shape index (κ3) is 4.60. The number of nitrogens with one attached hydrogen (secondary N) is 2. The summed E-state index contributed by atoms with van der Waals surface area (Å²) in [6.07, 6.45) is 0.857. The van der Waals surface area contributed by atoms with Crippen molar-refractivity contribution in [3.05, 3.63) is 70.3 Å². The van der Waals surface area contributed by atoms with E-state index in [-0.39, 0.29) is 18.0 Å². The van der Waals surface area contributed by atoms with Gasteiger partial charge in [0.25, 0.3) is 5.56 Å². The predicted octanol–water partition coefficient (Wildman–Crippen LogP) is 2.95. The number of carbonyl (C=O) groups is 1. The zero-order valence-electron chi connectivity index (χ0n) is 15.7. The zero-order valence-corrected chi connectivity index (χ0v) is 15.7. The molecule has 27 heavy (non-hydrogen) atoms. The molecule has 6 heteroatoms. The van der Waals surface area contributed by atoms with Crippen molar-refractivity contribution >= 4 is 22.5 Å². The first kappa shape index (κ1) is 18.8. The molecule has 1 aromatic heterocycles. The average Bonchev–Trinajstić information content (AvgIpc) is 2.68. The number of fused-ring (bicyclic) bond motifs is 1. The second-order valence-electron chi connectivity index (χ2n) is 6.39. The molecule has 0 unspecified atom stereocenters. The van der Waals surface area contributed by atoms with Crippen LogP contribution in [0.5, 0.6) is 0 Å². The molecule has 1 heterocycles. The molecule has 0 aliphatic rings. The first-order chi connectivity index (χ1) is 13.1. The van der Waals surface area contributed by atoms with Gasteiger partial charge in [-0.1, -0.05) is 44.2 Å². The van der Waals surface area contributed by atoms with Crippen molar-refractivity contribution in [2.24, 2.45) is 0 Å². The second-order valence-corrected chi connectivity index (χ2v) is 6.39. The molecular weight excluding hydrogens is 340 g/mol.